The first kappa shape index (κ1) is 10.5. The molecule has 0 aliphatic heterocycles. The third-order valence-corrected chi connectivity index (χ3v) is 2.23. The van der Waals surface area contributed by atoms with E-state index in [1.807, 2.05) is 24.3 Å². The fourth-order valence-corrected chi connectivity index (χ4v) is 1.44. The zero-order valence-corrected chi connectivity index (χ0v) is 9.12. The van der Waals surface area contributed by atoms with Gasteiger partial charge in [0.05, 0.1) is 12.3 Å². The van der Waals surface area contributed by atoms with Crippen LogP contribution < -0.4 is 10.3 Å². The summed E-state index contributed by atoms with van der Waals surface area (Å²) in [6, 6.07) is 9.17. The number of rotatable bonds is 4. The Hall–Kier alpha value is -1.97. The van der Waals surface area contributed by atoms with Crippen molar-refractivity contribution >= 4 is 0 Å². The average molecular weight is 218 g/mol. The van der Waals surface area contributed by atoms with E-state index in [1.165, 1.54) is 6.07 Å². The maximum Gasteiger partial charge on any atom is 0.264 e. The van der Waals surface area contributed by atoms with Crippen molar-refractivity contribution in [3.05, 3.63) is 40.7 Å². The first-order chi connectivity index (χ1) is 7.79. The van der Waals surface area contributed by atoms with Crippen LogP contribution in [-0.4, -0.2) is 16.8 Å². The zero-order chi connectivity index (χ0) is 11.4. The molecule has 0 aliphatic rings. The van der Waals surface area contributed by atoms with E-state index in [4.69, 9.17) is 4.74 Å². The van der Waals surface area contributed by atoms with Crippen LogP contribution in [-0.2, 0) is 0 Å². The van der Waals surface area contributed by atoms with E-state index in [0.717, 1.165) is 30.0 Å². The van der Waals surface area contributed by atoms with Gasteiger partial charge >= 0.3 is 0 Å². The molecule has 0 radical (unpaired) electrons. The Bertz CT molecular complexity index is 496. The maximum atomic E-state index is 11.0. The number of aromatic nitrogens is 2. The van der Waals surface area contributed by atoms with E-state index in [0.29, 0.717) is 0 Å². The van der Waals surface area contributed by atoms with E-state index in [1.54, 1.807) is 0 Å². The molecule has 4 heteroatoms. The van der Waals surface area contributed by atoms with Crippen molar-refractivity contribution in [3.8, 4) is 17.0 Å². The Morgan fingerprint density at radius 2 is 1.94 bits per heavy atom. The zero-order valence-electron chi connectivity index (χ0n) is 9.12. The summed E-state index contributed by atoms with van der Waals surface area (Å²) in [5.74, 6) is 0.850. The number of hydrogen-bond acceptors (Lipinski definition) is 2. The second kappa shape index (κ2) is 4.70. The smallest absolute Gasteiger partial charge is 0.264 e. The summed E-state index contributed by atoms with van der Waals surface area (Å²) in [7, 11) is 0. The molecule has 0 unspecified atom stereocenters. The summed E-state index contributed by atoms with van der Waals surface area (Å²) < 4.78 is 5.47. The molecule has 0 bridgehead atoms. The van der Waals surface area contributed by atoms with Crippen LogP contribution in [0.1, 0.15) is 13.3 Å². The molecule has 2 rings (SSSR count). The number of aromatic amines is 2. The number of H-pyrrole nitrogens is 2. The molecule has 0 fully saturated rings. The van der Waals surface area contributed by atoms with Crippen molar-refractivity contribution in [2.75, 3.05) is 6.61 Å². The van der Waals surface area contributed by atoms with Gasteiger partial charge in [-0.1, -0.05) is 6.92 Å². The van der Waals surface area contributed by atoms with Crippen LogP contribution in [0.25, 0.3) is 11.3 Å². The Morgan fingerprint density at radius 3 is 2.50 bits per heavy atom. The summed E-state index contributed by atoms with van der Waals surface area (Å²) >= 11 is 0. The van der Waals surface area contributed by atoms with Crippen LogP contribution in [0, 0.1) is 0 Å². The Balaban J connectivity index is 2.16. The Kier molecular flexibility index (Phi) is 3.10. The quantitative estimate of drug-likeness (QED) is 0.826. The summed E-state index contributed by atoms with van der Waals surface area (Å²) in [4.78, 5) is 11.0. The van der Waals surface area contributed by atoms with Crippen molar-refractivity contribution in [2.45, 2.75) is 13.3 Å². The minimum absolute atomic E-state index is 0.124. The summed E-state index contributed by atoms with van der Waals surface area (Å²) in [5, 5.41) is 5.31. The van der Waals surface area contributed by atoms with Gasteiger partial charge in [-0.05, 0) is 36.2 Å². The third kappa shape index (κ3) is 2.34. The molecule has 4 nitrogen and oxygen atoms in total. The molecular formula is C12H14N2O2. The molecule has 0 amide bonds. The highest BCUT2D eigenvalue weighted by molar-refractivity contribution is 5.59. The van der Waals surface area contributed by atoms with E-state index < -0.39 is 0 Å². The second-order valence-corrected chi connectivity index (χ2v) is 3.55. The lowest BCUT2D eigenvalue weighted by Gasteiger charge is -2.04. The lowest BCUT2D eigenvalue weighted by atomic mass is 10.1. The predicted molar refractivity (Wildman–Crippen MR) is 62.6 cm³/mol. The van der Waals surface area contributed by atoms with Crippen molar-refractivity contribution in [3.63, 3.8) is 0 Å². The fourth-order valence-electron chi connectivity index (χ4n) is 1.44. The van der Waals surface area contributed by atoms with E-state index in [2.05, 4.69) is 17.1 Å². The van der Waals surface area contributed by atoms with Crippen LogP contribution in [0.4, 0.5) is 0 Å². The highest BCUT2D eigenvalue weighted by Gasteiger charge is 2.00. The first-order valence-electron chi connectivity index (χ1n) is 5.30. The molecule has 1 aromatic carbocycles. The first-order valence-corrected chi connectivity index (χ1v) is 5.30. The van der Waals surface area contributed by atoms with Crippen LogP contribution in [0.5, 0.6) is 5.75 Å². The van der Waals surface area contributed by atoms with Crippen molar-refractivity contribution in [1.29, 1.82) is 0 Å². The largest absolute Gasteiger partial charge is 0.494 e. The Morgan fingerprint density at radius 1 is 1.19 bits per heavy atom. The summed E-state index contributed by atoms with van der Waals surface area (Å²) in [6.45, 7) is 2.79. The molecule has 0 saturated carbocycles. The highest BCUT2D eigenvalue weighted by Crippen LogP contribution is 2.19. The molecular weight excluding hydrogens is 204 g/mol. The summed E-state index contributed by atoms with van der Waals surface area (Å²) in [5.41, 5.74) is 1.62. The fraction of sp³-hybridized carbons (Fsp3) is 0.250. The van der Waals surface area contributed by atoms with Gasteiger partial charge in [-0.25, -0.2) is 0 Å². The second-order valence-electron chi connectivity index (χ2n) is 3.55. The van der Waals surface area contributed by atoms with Crippen LogP contribution in [0.2, 0.25) is 0 Å². The molecule has 16 heavy (non-hydrogen) atoms. The minimum Gasteiger partial charge on any atom is -0.494 e. The van der Waals surface area contributed by atoms with Gasteiger partial charge in [-0.2, -0.15) is 0 Å². The molecule has 0 atom stereocenters. The molecule has 1 aromatic heterocycles. The topological polar surface area (TPSA) is 57.9 Å². The van der Waals surface area contributed by atoms with Crippen LogP contribution in [0.15, 0.2) is 35.1 Å². The standard InChI is InChI=1S/C12H14N2O2/c1-2-7-16-10-5-3-9(4-6-10)11-8-12(15)14-13-11/h3-6,8H,2,7H2,1H3,(H2,13,14,15). The number of benzene rings is 1. The maximum absolute atomic E-state index is 11.0. The average Bonchev–Trinajstić information content (AvgIpc) is 2.74. The van der Waals surface area contributed by atoms with Gasteiger partial charge in [0.2, 0.25) is 0 Å². The van der Waals surface area contributed by atoms with Gasteiger partial charge < -0.3 is 4.74 Å². The lowest BCUT2D eigenvalue weighted by Crippen LogP contribution is -1.94. The number of ether oxygens (including phenoxy) is 1. The molecule has 0 spiro atoms. The van der Waals surface area contributed by atoms with Crippen molar-refractivity contribution < 1.29 is 4.74 Å². The van der Waals surface area contributed by atoms with Gasteiger partial charge in [0.15, 0.2) is 0 Å². The SMILES string of the molecule is CCCOc1ccc(-c2cc(=O)[nH][nH]2)cc1. The molecule has 2 aromatic rings. The normalized spacial score (nSPS) is 10.3. The number of hydrogen-bond donors (Lipinski definition) is 2. The monoisotopic (exact) mass is 218 g/mol. The van der Waals surface area contributed by atoms with Gasteiger partial charge in [-0.15, -0.1) is 0 Å². The summed E-state index contributed by atoms with van der Waals surface area (Å²) in [6.07, 6.45) is 0.993. The molecule has 0 saturated heterocycles. The highest BCUT2D eigenvalue weighted by atomic mass is 16.5. The van der Waals surface area contributed by atoms with Crippen LogP contribution in [0.3, 0.4) is 0 Å². The van der Waals surface area contributed by atoms with E-state index >= 15 is 0 Å². The Labute approximate surface area is 93.3 Å². The van der Waals surface area contributed by atoms with E-state index in [-0.39, 0.29) is 5.56 Å². The van der Waals surface area contributed by atoms with E-state index in [9.17, 15) is 4.79 Å². The number of nitrogens with one attached hydrogen (secondary N) is 2. The minimum atomic E-state index is -0.124. The molecule has 1 heterocycles. The van der Waals surface area contributed by atoms with Gasteiger partial charge in [0, 0.05) is 6.07 Å². The van der Waals surface area contributed by atoms with Gasteiger partial charge in [0.25, 0.3) is 5.56 Å². The van der Waals surface area contributed by atoms with Crippen molar-refractivity contribution in [1.82, 2.24) is 10.2 Å². The third-order valence-electron chi connectivity index (χ3n) is 2.23. The van der Waals surface area contributed by atoms with Crippen LogP contribution >= 0.6 is 0 Å². The molecule has 84 valence electrons. The van der Waals surface area contributed by atoms with Crippen molar-refractivity contribution in [2.24, 2.45) is 0 Å². The predicted octanol–water partition coefficient (Wildman–Crippen LogP) is 2.16. The van der Waals surface area contributed by atoms with Gasteiger partial charge in [-0.3, -0.25) is 15.0 Å². The molecule has 2 N–H and O–H groups in total. The lowest BCUT2D eigenvalue weighted by molar-refractivity contribution is 0.317. The molecule has 0 aliphatic carbocycles. The van der Waals surface area contributed by atoms with Gasteiger partial charge in [0.1, 0.15) is 5.75 Å².